The van der Waals surface area contributed by atoms with Crippen molar-refractivity contribution in [1.29, 1.82) is 0 Å². The Morgan fingerprint density at radius 2 is 2.25 bits per heavy atom. The van der Waals surface area contributed by atoms with E-state index in [2.05, 4.69) is 6.92 Å². The summed E-state index contributed by atoms with van der Waals surface area (Å²) >= 11 is 1.49. The zero-order chi connectivity index (χ0) is 8.55. The number of fused-ring (bicyclic) bond motifs is 1. The molecular weight excluding hydrogens is 171 g/mol. The van der Waals surface area contributed by atoms with Crippen LogP contribution in [0.3, 0.4) is 0 Å². The number of halogens is 1. The monoisotopic (exact) mass is 179 g/mol. The molecule has 0 amide bonds. The van der Waals surface area contributed by atoms with E-state index in [0.717, 1.165) is 21.4 Å². The number of rotatable bonds is 1. The van der Waals surface area contributed by atoms with Crippen LogP contribution in [-0.4, -0.2) is 0 Å². The summed E-state index contributed by atoms with van der Waals surface area (Å²) in [6.45, 7) is 3.77. The first-order valence-electron chi connectivity index (χ1n) is 3.77. The van der Waals surface area contributed by atoms with Crippen molar-refractivity contribution in [3.8, 4) is 0 Å². The molecule has 1 radical (unpaired) electrons. The van der Waals surface area contributed by atoms with E-state index in [1.807, 2.05) is 12.1 Å². The minimum absolute atomic E-state index is 0.128. The molecule has 0 aliphatic heterocycles. The first-order chi connectivity index (χ1) is 5.81. The minimum Gasteiger partial charge on any atom is -0.205 e. The summed E-state index contributed by atoms with van der Waals surface area (Å²) in [4.78, 5) is 1.13. The van der Waals surface area contributed by atoms with Crippen molar-refractivity contribution < 1.29 is 4.39 Å². The molecule has 0 bridgehead atoms. The number of benzene rings is 1. The normalized spacial score (nSPS) is 10.8. The number of hydrogen-bond acceptors (Lipinski definition) is 1. The Labute approximate surface area is 74.6 Å². The van der Waals surface area contributed by atoms with E-state index in [4.69, 9.17) is 0 Å². The third-order valence-corrected chi connectivity index (χ3v) is 3.01. The van der Waals surface area contributed by atoms with Gasteiger partial charge < -0.3 is 0 Å². The highest BCUT2D eigenvalue weighted by Crippen LogP contribution is 2.27. The van der Waals surface area contributed by atoms with Gasteiger partial charge in [-0.15, -0.1) is 11.3 Å². The second-order valence-electron chi connectivity index (χ2n) is 2.62. The van der Waals surface area contributed by atoms with Gasteiger partial charge in [0.25, 0.3) is 0 Å². The summed E-state index contributed by atoms with van der Waals surface area (Å²) < 4.78 is 13.9. The van der Waals surface area contributed by atoms with Crippen molar-refractivity contribution in [2.24, 2.45) is 0 Å². The zero-order valence-electron chi connectivity index (χ0n) is 6.51. The van der Waals surface area contributed by atoms with Crippen LogP contribution >= 0.6 is 11.3 Å². The molecule has 1 heterocycles. The molecule has 61 valence electrons. The molecule has 2 aromatic rings. The lowest BCUT2D eigenvalue weighted by Gasteiger charge is -1.88. The summed E-state index contributed by atoms with van der Waals surface area (Å²) in [5.41, 5.74) is 0. The van der Waals surface area contributed by atoms with E-state index >= 15 is 0 Å². The molecule has 0 N–H and O–H groups in total. The lowest BCUT2D eigenvalue weighted by Crippen LogP contribution is -1.69. The van der Waals surface area contributed by atoms with E-state index in [9.17, 15) is 4.39 Å². The van der Waals surface area contributed by atoms with Crippen molar-refractivity contribution in [2.45, 2.75) is 6.42 Å². The van der Waals surface area contributed by atoms with Gasteiger partial charge in [0.05, 0.1) is 4.70 Å². The Hall–Kier alpha value is -0.890. The van der Waals surface area contributed by atoms with Crippen molar-refractivity contribution in [3.63, 3.8) is 0 Å². The van der Waals surface area contributed by atoms with E-state index in [1.54, 1.807) is 6.07 Å². The number of hydrogen-bond donors (Lipinski definition) is 0. The standard InChI is InChI=1S/C10H8FS/c1-2-8-6-7-4-3-5-9(11)10(7)12-8/h3-6H,1-2H2. The molecule has 0 saturated carbocycles. The first-order valence-corrected chi connectivity index (χ1v) is 4.59. The predicted octanol–water partition coefficient (Wildman–Crippen LogP) is 3.42. The van der Waals surface area contributed by atoms with Gasteiger partial charge in [-0.1, -0.05) is 12.1 Å². The van der Waals surface area contributed by atoms with Gasteiger partial charge >= 0.3 is 0 Å². The fraction of sp³-hybridized carbons (Fsp3) is 0.100. The SMILES string of the molecule is [CH2]Cc1cc2cccc(F)c2s1. The summed E-state index contributed by atoms with van der Waals surface area (Å²) in [5.74, 6) is -0.128. The topological polar surface area (TPSA) is 0 Å². The van der Waals surface area contributed by atoms with Gasteiger partial charge in [0.1, 0.15) is 5.82 Å². The van der Waals surface area contributed by atoms with Gasteiger partial charge in [-0.3, -0.25) is 0 Å². The van der Waals surface area contributed by atoms with E-state index in [1.165, 1.54) is 17.4 Å². The maximum absolute atomic E-state index is 13.1. The molecule has 2 rings (SSSR count). The second kappa shape index (κ2) is 2.87. The number of thiophene rings is 1. The smallest absolute Gasteiger partial charge is 0.140 e. The van der Waals surface area contributed by atoms with E-state index in [-0.39, 0.29) is 5.82 Å². The van der Waals surface area contributed by atoms with Gasteiger partial charge in [0.15, 0.2) is 0 Å². The zero-order valence-corrected chi connectivity index (χ0v) is 7.33. The lowest BCUT2D eigenvalue weighted by molar-refractivity contribution is 0.642. The Balaban J connectivity index is 2.74. The van der Waals surface area contributed by atoms with Crippen LogP contribution in [0.4, 0.5) is 4.39 Å². The Bertz CT molecular complexity index is 403. The van der Waals surface area contributed by atoms with Crippen molar-refractivity contribution in [2.75, 3.05) is 0 Å². The Morgan fingerprint density at radius 3 is 2.92 bits per heavy atom. The third-order valence-electron chi connectivity index (χ3n) is 1.79. The second-order valence-corrected chi connectivity index (χ2v) is 3.76. The third kappa shape index (κ3) is 1.12. The maximum atomic E-state index is 13.1. The largest absolute Gasteiger partial charge is 0.205 e. The summed E-state index contributed by atoms with van der Waals surface area (Å²) in [6, 6.07) is 7.15. The molecule has 0 spiro atoms. The molecule has 0 atom stereocenters. The lowest BCUT2D eigenvalue weighted by atomic mass is 10.2. The quantitative estimate of drug-likeness (QED) is 0.629. The Morgan fingerprint density at radius 1 is 1.42 bits per heavy atom. The van der Waals surface area contributed by atoms with Crippen molar-refractivity contribution in [3.05, 3.63) is 41.9 Å². The van der Waals surface area contributed by atoms with Crippen molar-refractivity contribution in [1.82, 2.24) is 0 Å². The van der Waals surface area contributed by atoms with Crippen LogP contribution in [0, 0.1) is 12.7 Å². The van der Waals surface area contributed by atoms with E-state index < -0.39 is 0 Å². The van der Waals surface area contributed by atoms with Crippen molar-refractivity contribution >= 4 is 21.4 Å². The maximum Gasteiger partial charge on any atom is 0.140 e. The molecule has 0 aliphatic rings. The van der Waals surface area contributed by atoms with Crippen LogP contribution in [0.15, 0.2) is 24.3 Å². The van der Waals surface area contributed by atoms with Gasteiger partial charge in [-0.25, -0.2) is 4.39 Å². The molecule has 12 heavy (non-hydrogen) atoms. The highest BCUT2D eigenvalue weighted by Gasteiger charge is 2.03. The van der Waals surface area contributed by atoms with Gasteiger partial charge in [-0.2, -0.15) is 0 Å². The summed E-state index contributed by atoms with van der Waals surface area (Å²) in [6.07, 6.45) is 0.735. The molecule has 1 aromatic carbocycles. The Kier molecular flexibility index (Phi) is 1.85. The molecule has 0 aliphatic carbocycles. The highest BCUT2D eigenvalue weighted by atomic mass is 32.1. The van der Waals surface area contributed by atoms with Crippen LogP contribution in [-0.2, 0) is 6.42 Å². The summed E-state index contributed by atoms with van der Waals surface area (Å²) in [7, 11) is 0. The fourth-order valence-electron chi connectivity index (χ4n) is 1.20. The minimum atomic E-state index is -0.128. The highest BCUT2D eigenvalue weighted by molar-refractivity contribution is 7.19. The predicted molar refractivity (Wildman–Crippen MR) is 50.8 cm³/mol. The average Bonchev–Trinajstić information content (AvgIpc) is 2.49. The van der Waals surface area contributed by atoms with Crippen LogP contribution in [0.25, 0.3) is 10.1 Å². The summed E-state index contributed by atoms with van der Waals surface area (Å²) in [5, 5.41) is 0.985. The molecule has 0 unspecified atom stereocenters. The van der Waals surface area contributed by atoms with Gasteiger partial charge in [0, 0.05) is 4.88 Å². The average molecular weight is 179 g/mol. The first kappa shape index (κ1) is 7.74. The molecule has 1 aromatic heterocycles. The van der Waals surface area contributed by atoms with E-state index in [0.29, 0.717) is 0 Å². The molecule has 0 saturated heterocycles. The molecular formula is C10H8FS. The molecule has 0 fully saturated rings. The van der Waals surface area contributed by atoms with Crippen LogP contribution in [0.1, 0.15) is 4.88 Å². The van der Waals surface area contributed by atoms with Crippen LogP contribution in [0.2, 0.25) is 0 Å². The van der Waals surface area contributed by atoms with Gasteiger partial charge in [0.2, 0.25) is 0 Å². The van der Waals surface area contributed by atoms with Crippen LogP contribution in [0.5, 0.6) is 0 Å². The fourth-order valence-corrected chi connectivity index (χ4v) is 2.16. The molecule has 2 heteroatoms. The van der Waals surface area contributed by atoms with Crippen LogP contribution < -0.4 is 0 Å². The van der Waals surface area contributed by atoms with Gasteiger partial charge in [-0.05, 0) is 30.9 Å². The molecule has 0 nitrogen and oxygen atoms in total.